The highest BCUT2D eigenvalue weighted by atomic mass is 19.4. The van der Waals surface area contributed by atoms with Gasteiger partial charge in [-0.1, -0.05) is 24.0 Å². The highest BCUT2D eigenvalue weighted by Crippen LogP contribution is 2.43. The molecule has 1 saturated carbocycles. The number of halogens is 8. The lowest BCUT2D eigenvalue weighted by molar-refractivity contribution is -0.221. The van der Waals surface area contributed by atoms with E-state index >= 15 is 8.78 Å². The van der Waals surface area contributed by atoms with Crippen LogP contribution in [0.4, 0.5) is 50.5 Å². The van der Waals surface area contributed by atoms with Crippen molar-refractivity contribution in [1.29, 1.82) is 0 Å². The molecule has 5 N–H and O–H groups in total. The Morgan fingerprint density at radius 3 is 1.85 bits per heavy atom. The van der Waals surface area contributed by atoms with Crippen LogP contribution in [-0.2, 0) is 36.8 Å². The third kappa shape index (κ3) is 13.2. The number of alkyl halides is 6. The topological polar surface area (TPSA) is 205 Å². The molecule has 9 rings (SSSR count). The minimum Gasteiger partial charge on any atom is -0.453 e. The Morgan fingerprint density at radius 1 is 0.775 bits per heavy atom. The van der Waals surface area contributed by atoms with Crippen LogP contribution in [-0.4, -0.2) is 156 Å². The zero-order valence-electron chi connectivity index (χ0n) is 44.6. The Morgan fingerprint density at radius 2 is 1.34 bits per heavy atom. The number of carbonyl (C=O) groups is 4. The number of anilines is 1. The number of aromatic nitrogens is 3. The van der Waals surface area contributed by atoms with Gasteiger partial charge in [0, 0.05) is 72.9 Å². The molecule has 432 valence electrons. The van der Waals surface area contributed by atoms with Crippen molar-refractivity contribution in [2.24, 2.45) is 10.8 Å². The summed E-state index contributed by atoms with van der Waals surface area (Å²) < 4.78 is 136. The van der Waals surface area contributed by atoms with Gasteiger partial charge in [-0.3, -0.25) is 24.6 Å². The monoisotopic (exact) mass is 1130 g/mol. The average molecular weight is 1130 g/mol. The number of carbonyl (C=O) groups excluding carboxylic acids is 4. The van der Waals surface area contributed by atoms with Gasteiger partial charge in [-0.2, -0.15) is 31.4 Å². The van der Waals surface area contributed by atoms with Crippen molar-refractivity contribution in [2.45, 2.75) is 121 Å². The molecule has 4 amide bonds. The molecule has 6 atom stereocenters. The number of rotatable bonds is 19. The molecule has 5 aliphatic rings. The lowest BCUT2D eigenvalue weighted by Gasteiger charge is -2.60. The maximum atomic E-state index is 16.2. The number of hydrogen-bond acceptors (Lipinski definition) is 13. The van der Waals surface area contributed by atoms with Crippen LogP contribution in [0.2, 0.25) is 0 Å². The molecule has 4 saturated heterocycles. The van der Waals surface area contributed by atoms with E-state index in [1.165, 1.54) is 18.2 Å². The van der Waals surface area contributed by atoms with Gasteiger partial charge in [0.25, 0.3) is 5.91 Å². The largest absolute Gasteiger partial charge is 0.453 e. The maximum absolute atomic E-state index is 16.2. The van der Waals surface area contributed by atoms with Gasteiger partial charge in [-0.25, -0.2) is 28.4 Å². The number of hydrogen-bond donors (Lipinski definition) is 5. The van der Waals surface area contributed by atoms with Gasteiger partial charge in [0.05, 0.1) is 68.2 Å². The van der Waals surface area contributed by atoms with Crippen LogP contribution in [0.3, 0.4) is 0 Å². The second-order valence-electron chi connectivity index (χ2n) is 21.6. The van der Waals surface area contributed by atoms with Crippen LogP contribution >= 0.6 is 0 Å². The van der Waals surface area contributed by atoms with Gasteiger partial charge in [-0.15, -0.1) is 0 Å². The first-order valence-corrected chi connectivity index (χ1v) is 25.7. The summed E-state index contributed by atoms with van der Waals surface area (Å²) in [5.74, 6) is 1.37. The Kier molecular flexibility index (Phi) is 17.4. The molecule has 18 nitrogen and oxygen atoms in total. The Labute approximate surface area is 455 Å². The fourth-order valence-electron chi connectivity index (χ4n) is 9.81. The molecule has 2 unspecified atom stereocenters. The van der Waals surface area contributed by atoms with Crippen LogP contribution in [0.1, 0.15) is 75.3 Å². The van der Waals surface area contributed by atoms with Crippen molar-refractivity contribution < 1.29 is 73.6 Å². The first-order valence-electron chi connectivity index (χ1n) is 25.7. The molecule has 5 fully saturated rings. The number of amides is 4. The Hall–Kier alpha value is -7.08. The van der Waals surface area contributed by atoms with Crippen molar-refractivity contribution in [1.82, 2.24) is 46.0 Å². The Bertz CT molecular complexity index is 2920. The lowest BCUT2D eigenvalue weighted by Crippen LogP contribution is -2.74. The summed E-state index contributed by atoms with van der Waals surface area (Å²) in [5, 5.41) is 23.2. The number of pyridine rings is 1. The molecule has 2 aromatic heterocycles. The van der Waals surface area contributed by atoms with E-state index in [4.69, 9.17) is 4.74 Å². The fraction of sp³-hybridized carbons (Fsp3) is 0.519. The second kappa shape index (κ2) is 23.6. The molecule has 0 radical (unpaired) electrons. The SMILES string of the molecule is COC(=O)N[C@H](C(=O)N[C@@H](Cc1ccc(C#Cc2ccc(N3CC4CC(C3)N4C3COC3)nc2)cc1)[C@@H](O)CN(Cc1c(F)cc(-c2ccn(C3CC3)n2)cc1F)NC(=O)[C@@H](NC(=O)OC)C(C)(C)C(F)(F)F)C(C)(C)C(F)(F)F. The van der Waals surface area contributed by atoms with E-state index in [0.29, 0.717) is 67.5 Å². The molecule has 0 spiro atoms. The van der Waals surface area contributed by atoms with Crippen LogP contribution in [0.5, 0.6) is 0 Å². The number of methoxy groups -OCH3 is 2. The fourth-order valence-corrected chi connectivity index (χ4v) is 9.81. The van der Waals surface area contributed by atoms with Crippen molar-refractivity contribution in [2.75, 3.05) is 52.0 Å². The van der Waals surface area contributed by atoms with E-state index in [1.54, 1.807) is 29.2 Å². The highest BCUT2D eigenvalue weighted by Gasteiger charge is 2.57. The number of nitrogens with one attached hydrogen (secondary N) is 4. The number of hydrazine groups is 1. The van der Waals surface area contributed by atoms with Gasteiger partial charge >= 0.3 is 24.5 Å². The van der Waals surface area contributed by atoms with E-state index in [-0.39, 0.29) is 17.3 Å². The lowest BCUT2D eigenvalue weighted by atomic mass is 9.82. The quantitative estimate of drug-likeness (QED) is 0.0406. The molecule has 1 aliphatic carbocycles. The van der Waals surface area contributed by atoms with E-state index in [9.17, 15) is 50.6 Å². The second-order valence-corrected chi connectivity index (χ2v) is 21.6. The number of piperidine rings is 1. The van der Waals surface area contributed by atoms with Crippen LogP contribution in [0.15, 0.2) is 67.0 Å². The molecule has 26 heteroatoms. The van der Waals surface area contributed by atoms with Crippen molar-refractivity contribution >= 4 is 29.8 Å². The maximum Gasteiger partial charge on any atom is 0.407 e. The molecular weight excluding hydrogens is 1070 g/mol. The number of ether oxygens (including phenoxy) is 3. The molecular formula is C54H62F8N10O8. The predicted molar refractivity (Wildman–Crippen MR) is 272 cm³/mol. The van der Waals surface area contributed by atoms with Gasteiger partial charge in [0.15, 0.2) is 0 Å². The van der Waals surface area contributed by atoms with E-state index < -0.39 is 108 Å². The summed E-state index contributed by atoms with van der Waals surface area (Å²) >= 11 is 0. The summed E-state index contributed by atoms with van der Waals surface area (Å²) in [6.07, 6.45) is -9.54. The summed E-state index contributed by atoms with van der Waals surface area (Å²) in [5.41, 5.74) is -3.08. The smallest absolute Gasteiger partial charge is 0.407 e. The molecule has 2 bridgehead atoms. The summed E-state index contributed by atoms with van der Waals surface area (Å²) in [7, 11) is 1.67. The average Bonchev–Trinajstić information content (AvgIpc) is 4.19. The normalized spacial score (nSPS) is 19.3. The summed E-state index contributed by atoms with van der Waals surface area (Å²) in [6, 6.07) is 8.25. The minimum atomic E-state index is -5.18. The molecule has 80 heavy (non-hydrogen) atoms. The van der Waals surface area contributed by atoms with Gasteiger partial charge < -0.3 is 40.2 Å². The Balaban J connectivity index is 1.07. The van der Waals surface area contributed by atoms with E-state index in [2.05, 4.69) is 51.9 Å². The minimum absolute atomic E-state index is 0.00653. The van der Waals surface area contributed by atoms with Crippen molar-refractivity contribution in [3.63, 3.8) is 0 Å². The highest BCUT2D eigenvalue weighted by molar-refractivity contribution is 5.87. The van der Waals surface area contributed by atoms with Gasteiger partial charge in [0.1, 0.15) is 29.5 Å². The predicted octanol–water partition coefficient (Wildman–Crippen LogP) is 6.17. The first kappa shape index (κ1) is 59.1. The van der Waals surface area contributed by atoms with E-state index in [1.807, 2.05) is 22.8 Å². The zero-order chi connectivity index (χ0) is 58.1. The van der Waals surface area contributed by atoms with Crippen LogP contribution in [0.25, 0.3) is 11.3 Å². The standard InChI is InChI=1S/C54H62F8N10O8/c1-51(2,53(57,58)59)45(65-49(76)78-5)47(74)64-42(19-31-10-7-30(8-11-31)9-12-32-13-16-44(63-23-32)69-24-35-22-36(25-69)72(35)37-28-80-29-37)43(73)27-70(68-48(75)46(66-50(77)79-6)52(3,4)54(60,61)62)26-38-39(55)20-33(21-40(38)56)41-17-18-71(67-41)34-14-15-34/h7-8,10-11,13,16-18,20-21,23,34-37,42-43,45-46,73H,14-15,19,22,24-29H2,1-6H3,(H,64,74)(H,65,76)(H,66,77)(H,68,75)/t35?,36?,42-,43-,45+,46+/m0/s1. The van der Waals surface area contributed by atoms with Crippen molar-refractivity contribution in [3.8, 4) is 23.1 Å². The first-order chi connectivity index (χ1) is 37.7. The number of aliphatic hydroxyl groups is 1. The zero-order valence-corrected chi connectivity index (χ0v) is 44.6. The number of aliphatic hydroxyl groups excluding tert-OH is 1. The number of nitrogens with zero attached hydrogens (tertiary/aromatic N) is 6. The van der Waals surface area contributed by atoms with Gasteiger partial charge in [0.2, 0.25) is 5.91 Å². The number of alkyl carbamates (subject to hydrolysis) is 2. The van der Waals surface area contributed by atoms with Crippen molar-refractivity contribution in [3.05, 3.63) is 101 Å². The number of benzene rings is 2. The number of fused-ring (bicyclic) bond motifs is 2. The number of piperazine rings is 1. The molecule has 2 aromatic carbocycles. The third-order valence-electron chi connectivity index (χ3n) is 15.2. The van der Waals surface area contributed by atoms with Crippen LogP contribution < -0.4 is 26.3 Å². The van der Waals surface area contributed by atoms with E-state index in [0.717, 1.165) is 77.7 Å². The third-order valence-corrected chi connectivity index (χ3v) is 15.2. The molecule has 6 heterocycles. The molecule has 4 aromatic rings. The summed E-state index contributed by atoms with van der Waals surface area (Å²) in [6.45, 7) is 3.62. The van der Waals surface area contributed by atoms with Gasteiger partial charge in [-0.05, 0) is 101 Å². The van der Waals surface area contributed by atoms with Crippen LogP contribution in [0, 0.1) is 34.3 Å². The molecule has 4 aliphatic heterocycles. The summed E-state index contributed by atoms with van der Waals surface area (Å²) in [4.78, 5) is 62.5.